The zero-order valence-electron chi connectivity index (χ0n) is 15.4. The molecular formula is C19H25N3O4. The van der Waals surface area contributed by atoms with Crippen molar-refractivity contribution < 1.29 is 18.8 Å². The summed E-state index contributed by atoms with van der Waals surface area (Å²) in [4.78, 5) is 14.6. The first-order valence-corrected chi connectivity index (χ1v) is 8.91. The van der Waals surface area contributed by atoms with E-state index < -0.39 is 0 Å². The lowest BCUT2D eigenvalue weighted by Crippen LogP contribution is -2.34. The predicted octanol–water partition coefficient (Wildman–Crippen LogP) is 4.01. The van der Waals surface area contributed by atoms with Gasteiger partial charge in [0.05, 0.1) is 20.3 Å². The van der Waals surface area contributed by atoms with Crippen molar-refractivity contribution in [2.45, 2.75) is 38.6 Å². The predicted molar refractivity (Wildman–Crippen MR) is 97.7 cm³/mol. The molecule has 1 aliphatic rings. The summed E-state index contributed by atoms with van der Waals surface area (Å²) in [6, 6.07) is 7.07. The number of carbonyl (C=O) groups is 1. The van der Waals surface area contributed by atoms with Crippen LogP contribution in [0, 0.1) is 0 Å². The normalized spacial score (nSPS) is 16.6. The van der Waals surface area contributed by atoms with Gasteiger partial charge >= 0.3 is 6.03 Å². The maximum atomic E-state index is 12.8. The van der Waals surface area contributed by atoms with Crippen LogP contribution < -0.4 is 14.8 Å². The van der Waals surface area contributed by atoms with E-state index in [0.29, 0.717) is 23.7 Å². The van der Waals surface area contributed by atoms with Gasteiger partial charge in [0.25, 0.3) is 0 Å². The van der Waals surface area contributed by atoms with Crippen LogP contribution in [-0.2, 0) is 6.42 Å². The van der Waals surface area contributed by atoms with Gasteiger partial charge in [-0.25, -0.2) is 4.79 Å². The molecule has 2 heterocycles. The summed E-state index contributed by atoms with van der Waals surface area (Å²) in [7, 11) is 3.15. The van der Waals surface area contributed by atoms with Crippen LogP contribution in [0.15, 0.2) is 28.8 Å². The van der Waals surface area contributed by atoms with Gasteiger partial charge in [-0.1, -0.05) is 12.1 Å². The van der Waals surface area contributed by atoms with Crippen molar-refractivity contribution >= 4 is 11.7 Å². The Morgan fingerprint density at radius 1 is 1.31 bits per heavy atom. The molecule has 1 N–H and O–H groups in total. The van der Waals surface area contributed by atoms with Crippen LogP contribution in [0.25, 0.3) is 0 Å². The standard InChI is InChI=1S/C19H25N3O4/c1-4-6-14-12-15(21-26-14)16-7-5-10-22(16)19(23)20-13-8-9-17(24-2)18(11-13)25-3/h8-9,11-12,16H,4-7,10H2,1-3H3,(H,20,23)/t16-/m0/s1. The summed E-state index contributed by atoms with van der Waals surface area (Å²) < 4.78 is 15.9. The Kier molecular flexibility index (Phi) is 5.65. The van der Waals surface area contributed by atoms with Crippen molar-refractivity contribution in [3.05, 3.63) is 35.7 Å². The fraction of sp³-hybridized carbons (Fsp3) is 0.474. The summed E-state index contributed by atoms with van der Waals surface area (Å²) in [5.74, 6) is 2.06. The van der Waals surface area contributed by atoms with E-state index in [2.05, 4.69) is 17.4 Å². The number of methoxy groups -OCH3 is 2. The van der Waals surface area contributed by atoms with Gasteiger partial charge in [0.2, 0.25) is 0 Å². The number of urea groups is 1. The Balaban J connectivity index is 1.72. The molecule has 26 heavy (non-hydrogen) atoms. The molecule has 1 saturated heterocycles. The van der Waals surface area contributed by atoms with Crippen molar-refractivity contribution in [1.82, 2.24) is 10.1 Å². The molecule has 0 unspecified atom stereocenters. The first-order chi connectivity index (χ1) is 12.7. The molecule has 7 heteroatoms. The molecule has 140 valence electrons. The van der Waals surface area contributed by atoms with Gasteiger partial charge in [-0.15, -0.1) is 0 Å². The van der Waals surface area contributed by atoms with Crippen LogP contribution in [0.3, 0.4) is 0 Å². The number of ether oxygens (including phenoxy) is 2. The van der Waals surface area contributed by atoms with Crippen LogP contribution >= 0.6 is 0 Å². The first kappa shape index (κ1) is 18.1. The molecule has 1 atom stereocenters. The molecule has 1 aromatic carbocycles. The topological polar surface area (TPSA) is 76.8 Å². The molecule has 0 spiro atoms. The summed E-state index contributed by atoms with van der Waals surface area (Å²) in [6.07, 6.45) is 3.69. The zero-order valence-corrected chi connectivity index (χ0v) is 15.4. The van der Waals surface area contributed by atoms with E-state index in [1.165, 1.54) is 0 Å². The van der Waals surface area contributed by atoms with E-state index in [0.717, 1.165) is 37.1 Å². The van der Waals surface area contributed by atoms with Crippen LogP contribution in [0.5, 0.6) is 11.5 Å². The zero-order chi connectivity index (χ0) is 18.5. The van der Waals surface area contributed by atoms with Crippen LogP contribution in [-0.4, -0.2) is 36.9 Å². The average molecular weight is 359 g/mol. The van der Waals surface area contributed by atoms with Gasteiger partial charge in [0.1, 0.15) is 11.5 Å². The van der Waals surface area contributed by atoms with Gasteiger partial charge in [-0.05, 0) is 31.4 Å². The van der Waals surface area contributed by atoms with Crippen LogP contribution in [0.2, 0.25) is 0 Å². The van der Waals surface area contributed by atoms with Crippen molar-refractivity contribution in [3.63, 3.8) is 0 Å². The number of hydrogen-bond acceptors (Lipinski definition) is 5. The monoisotopic (exact) mass is 359 g/mol. The molecule has 7 nitrogen and oxygen atoms in total. The average Bonchev–Trinajstić information content (AvgIpc) is 3.31. The highest BCUT2D eigenvalue weighted by molar-refractivity contribution is 5.90. The van der Waals surface area contributed by atoms with Crippen molar-refractivity contribution in [3.8, 4) is 11.5 Å². The Hall–Kier alpha value is -2.70. The quantitative estimate of drug-likeness (QED) is 0.843. The number of amides is 2. The number of carbonyl (C=O) groups excluding carboxylic acids is 1. The molecule has 0 bridgehead atoms. The van der Waals surface area contributed by atoms with Crippen molar-refractivity contribution in [1.29, 1.82) is 0 Å². The van der Waals surface area contributed by atoms with E-state index in [1.807, 2.05) is 11.0 Å². The van der Waals surface area contributed by atoms with Gasteiger partial charge in [-0.2, -0.15) is 0 Å². The minimum Gasteiger partial charge on any atom is -0.493 e. The molecule has 1 aliphatic heterocycles. The third-order valence-electron chi connectivity index (χ3n) is 4.56. The fourth-order valence-corrected chi connectivity index (χ4v) is 3.28. The number of nitrogens with zero attached hydrogens (tertiary/aromatic N) is 2. The Morgan fingerprint density at radius 3 is 2.85 bits per heavy atom. The molecule has 1 aromatic heterocycles. The number of hydrogen-bond donors (Lipinski definition) is 1. The van der Waals surface area contributed by atoms with Crippen LogP contribution in [0.1, 0.15) is 43.7 Å². The minimum atomic E-state index is -0.153. The molecule has 0 saturated carbocycles. The van der Waals surface area contributed by atoms with E-state index in [4.69, 9.17) is 14.0 Å². The molecule has 3 rings (SSSR count). The maximum Gasteiger partial charge on any atom is 0.322 e. The summed E-state index contributed by atoms with van der Waals surface area (Å²) in [5, 5.41) is 7.11. The van der Waals surface area contributed by atoms with Gasteiger partial charge in [-0.3, -0.25) is 0 Å². The number of rotatable bonds is 6. The molecule has 1 fully saturated rings. The highest BCUT2D eigenvalue weighted by Gasteiger charge is 2.32. The SMILES string of the molecule is CCCc1cc([C@@H]2CCCN2C(=O)Nc2ccc(OC)c(OC)c2)no1. The second-order valence-electron chi connectivity index (χ2n) is 6.32. The van der Waals surface area contributed by atoms with Crippen molar-refractivity contribution in [2.24, 2.45) is 0 Å². The summed E-state index contributed by atoms with van der Waals surface area (Å²) in [6.45, 7) is 2.79. The lowest BCUT2D eigenvalue weighted by atomic mass is 10.1. The minimum absolute atomic E-state index is 0.0514. The van der Waals surface area contributed by atoms with E-state index in [9.17, 15) is 4.79 Å². The third-order valence-corrected chi connectivity index (χ3v) is 4.56. The lowest BCUT2D eigenvalue weighted by molar-refractivity contribution is 0.204. The second kappa shape index (κ2) is 8.12. The van der Waals surface area contributed by atoms with Gasteiger partial charge in [0.15, 0.2) is 11.5 Å². The number of benzene rings is 1. The number of aryl methyl sites for hydroxylation is 1. The smallest absolute Gasteiger partial charge is 0.322 e. The highest BCUT2D eigenvalue weighted by atomic mass is 16.5. The first-order valence-electron chi connectivity index (χ1n) is 8.91. The van der Waals surface area contributed by atoms with Crippen LogP contribution in [0.4, 0.5) is 10.5 Å². The highest BCUT2D eigenvalue weighted by Crippen LogP contribution is 2.33. The lowest BCUT2D eigenvalue weighted by Gasteiger charge is -2.23. The Morgan fingerprint density at radius 2 is 2.12 bits per heavy atom. The molecular weight excluding hydrogens is 334 g/mol. The second-order valence-corrected chi connectivity index (χ2v) is 6.32. The largest absolute Gasteiger partial charge is 0.493 e. The number of anilines is 1. The van der Waals surface area contributed by atoms with E-state index in [-0.39, 0.29) is 12.1 Å². The van der Waals surface area contributed by atoms with Gasteiger partial charge < -0.3 is 24.2 Å². The molecule has 2 amide bonds. The summed E-state index contributed by atoms with van der Waals surface area (Å²) in [5.41, 5.74) is 1.48. The van der Waals surface area contributed by atoms with E-state index >= 15 is 0 Å². The van der Waals surface area contributed by atoms with E-state index in [1.54, 1.807) is 32.4 Å². The number of likely N-dealkylation sites (tertiary alicyclic amines) is 1. The Bertz CT molecular complexity index is 759. The fourth-order valence-electron chi connectivity index (χ4n) is 3.28. The van der Waals surface area contributed by atoms with Gasteiger partial charge in [0, 0.05) is 30.8 Å². The molecule has 0 radical (unpaired) electrons. The maximum absolute atomic E-state index is 12.8. The molecule has 2 aromatic rings. The number of nitrogens with one attached hydrogen (secondary N) is 1. The molecule has 0 aliphatic carbocycles. The van der Waals surface area contributed by atoms with Crippen molar-refractivity contribution in [2.75, 3.05) is 26.1 Å². The Labute approximate surface area is 153 Å². The number of aromatic nitrogens is 1. The summed E-state index contributed by atoms with van der Waals surface area (Å²) >= 11 is 0. The third kappa shape index (κ3) is 3.76.